The minimum Gasteiger partial charge on any atom is -0.497 e. The van der Waals surface area contributed by atoms with Gasteiger partial charge >= 0.3 is 0 Å². The maximum atomic E-state index is 12.2. The Labute approximate surface area is 153 Å². The van der Waals surface area contributed by atoms with E-state index in [-0.39, 0.29) is 17.9 Å². The van der Waals surface area contributed by atoms with E-state index in [4.69, 9.17) is 10.5 Å². The lowest BCUT2D eigenvalue weighted by Gasteiger charge is -2.24. The molecule has 0 bridgehead atoms. The highest BCUT2D eigenvalue weighted by Gasteiger charge is 2.38. The number of aliphatic imine (C=N–C) groups is 1. The van der Waals surface area contributed by atoms with Gasteiger partial charge in [0.25, 0.3) is 0 Å². The van der Waals surface area contributed by atoms with Crippen LogP contribution in [-0.2, 0) is 4.79 Å². The number of anilines is 1. The van der Waals surface area contributed by atoms with Gasteiger partial charge in [-0.15, -0.1) is 0 Å². The average Bonchev–Trinajstić information content (AvgIpc) is 2.95. The molecule has 2 atom stereocenters. The van der Waals surface area contributed by atoms with Crippen molar-refractivity contribution in [2.24, 2.45) is 16.6 Å². The number of benzene rings is 2. The second kappa shape index (κ2) is 7.91. The summed E-state index contributed by atoms with van der Waals surface area (Å²) in [6, 6.07) is 17.6. The molecule has 1 saturated heterocycles. The summed E-state index contributed by atoms with van der Waals surface area (Å²) < 4.78 is 5.20. The molecule has 1 amide bonds. The highest BCUT2D eigenvalue weighted by atomic mass is 16.5. The largest absolute Gasteiger partial charge is 0.497 e. The fraction of sp³-hybridized carbons (Fsp3) is 0.300. The molecular weight excluding hydrogens is 328 g/mol. The van der Waals surface area contributed by atoms with E-state index in [0.29, 0.717) is 18.9 Å². The van der Waals surface area contributed by atoms with Gasteiger partial charge in [-0.3, -0.25) is 9.79 Å². The Morgan fingerprint density at radius 2 is 2.04 bits per heavy atom. The number of guanidine groups is 1. The molecule has 1 fully saturated rings. The van der Waals surface area contributed by atoms with Gasteiger partial charge in [-0.2, -0.15) is 0 Å². The first-order chi connectivity index (χ1) is 12.6. The summed E-state index contributed by atoms with van der Waals surface area (Å²) in [7, 11) is 3.47. The third-order valence-electron chi connectivity index (χ3n) is 4.67. The van der Waals surface area contributed by atoms with Crippen molar-refractivity contribution < 1.29 is 9.53 Å². The number of nitrogens with zero attached hydrogens (tertiary/aromatic N) is 2. The smallest absolute Gasteiger partial charge is 0.223 e. The summed E-state index contributed by atoms with van der Waals surface area (Å²) in [6.07, 6.45) is 0.478. The zero-order valence-electron chi connectivity index (χ0n) is 15.1. The van der Waals surface area contributed by atoms with Crippen LogP contribution in [0.5, 0.6) is 5.75 Å². The summed E-state index contributed by atoms with van der Waals surface area (Å²) in [5, 5.41) is 3.07. The number of nitrogens with two attached hydrogens (primary N) is 1. The Hall–Kier alpha value is -3.02. The minimum atomic E-state index is 0.0251. The van der Waals surface area contributed by atoms with Gasteiger partial charge in [0.05, 0.1) is 13.2 Å². The summed E-state index contributed by atoms with van der Waals surface area (Å²) in [6.45, 7) is 0.485. The molecule has 0 aliphatic carbocycles. The molecular formula is C20H24N4O2. The van der Waals surface area contributed by atoms with Crippen LogP contribution in [0.15, 0.2) is 59.6 Å². The molecule has 6 heteroatoms. The topological polar surface area (TPSA) is 80.0 Å². The predicted octanol–water partition coefficient (Wildman–Crippen LogP) is 2.64. The fourth-order valence-corrected chi connectivity index (χ4v) is 3.37. The van der Waals surface area contributed by atoms with Crippen LogP contribution in [0.25, 0.3) is 0 Å². The highest BCUT2D eigenvalue weighted by Crippen LogP contribution is 2.36. The Bertz CT molecular complexity index is 791. The van der Waals surface area contributed by atoms with E-state index in [0.717, 1.165) is 17.0 Å². The van der Waals surface area contributed by atoms with Gasteiger partial charge in [-0.25, -0.2) is 0 Å². The Morgan fingerprint density at radius 1 is 1.27 bits per heavy atom. The second-order valence-electron chi connectivity index (χ2n) is 6.41. The highest BCUT2D eigenvalue weighted by molar-refractivity contribution is 5.92. The molecule has 0 unspecified atom stereocenters. The average molecular weight is 352 g/mol. The number of methoxy groups -OCH3 is 1. The standard InChI is InChI=1S/C20H24N4O2/c1-24-18(25)11-15(19(24)14-7-4-3-5-8-14)13-22-20(21)23-16-9-6-10-17(12-16)26-2/h3-10,12,15,19H,11,13H2,1-2H3,(H3,21,22,23)/t15-,19-/m0/s1. The molecule has 1 aliphatic rings. The summed E-state index contributed by atoms with van der Waals surface area (Å²) in [5.41, 5.74) is 7.96. The molecule has 3 rings (SSSR count). The number of likely N-dealkylation sites (tertiary alicyclic amines) is 1. The van der Waals surface area contributed by atoms with E-state index >= 15 is 0 Å². The molecule has 2 aromatic rings. The van der Waals surface area contributed by atoms with Gasteiger partial charge in [-0.1, -0.05) is 36.4 Å². The van der Waals surface area contributed by atoms with Crippen LogP contribution >= 0.6 is 0 Å². The zero-order chi connectivity index (χ0) is 18.5. The van der Waals surface area contributed by atoms with Crippen LogP contribution in [0.4, 0.5) is 5.69 Å². The lowest BCUT2D eigenvalue weighted by Crippen LogP contribution is -2.27. The number of hydrogen-bond donors (Lipinski definition) is 2. The van der Waals surface area contributed by atoms with E-state index < -0.39 is 0 Å². The monoisotopic (exact) mass is 352 g/mol. The minimum absolute atomic E-state index is 0.0251. The van der Waals surface area contributed by atoms with Crippen molar-refractivity contribution in [3.05, 3.63) is 60.2 Å². The van der Waals surface area contributed by atoms with E-state index in [9.17, 15) is 4.79 Å². The molecule has 3 N–H and O–H groups in total. The number of rotatable bonds is 5. The molecule has 26 heavy (non-hydrogen) atoms. The zero-order valence-corrected chi connectivity index (χ0v) is 15.1. The molecule has 0 aromatic heterocycles. The first-order valence-corrected chi connectivity index (χ1v) is 8.60. The summed E-state index contributed by atoms with van der Waals surface area (Å²) >= 11 is 0. The van der Waals surface area contributed by atoms with Crippen molar-refractivity contribution in [1.82, 2.24) is 4.90 Å². The number of carbonyl (C=O) groups is 1. The fourth-order valence-electron chi connectivity index (χ4n) is 3.37. The van der Waals surface area contributed by atoms with Crippen molar-refractivity contribution >= 4 is 17.6 Å². The molecule has 6 nitrogen and oxygen atoms in total. The molecule has 2 aromatic carbocycles. The van der Waals surface area contributed by atoms with Crippen LogP contribution < -0.4 is 15.8 Å². The van der Waals surface area contributed by atoms with Crippen LogP contribution in [0.3, 0.4) is 0 Å². The van der Waals surface area contributed by atoms with Crippen molar-refractivity contribution in [2.75, 3.05) is 26.0 Å². The third-order valence-corrected chi connectivity index (χ3v) is 4.67. The number of ether oxygens (including phenoxy) is 1. The number of hydrogen-bond acceptors (Lipinski definition) is 3. The van der Waals surface area contributed by atoms with Crippen LogP contribution in [-0.4, -0.2) is 37.5 Å². The van der Waals surface area contributed by atoms with Crippen molar-refractivity contribution in [3.8, 4) is 5.75 Å². The lowest BCUT2D eigenvalue weighted by atomic mass is 9.94. The predicted molar refractivity (Wildman–Crippen MR) is 103 cm³/mol. The Balaban J connectivity index is 1.70. The van der Waals surface area contributed by atoms with Gasteiger partial charge in [0.1, 0.15) is 5.75 Å². The molecule has 1 heterocycles. The molecule has 1 aliphatic heterocycles. The van der Waals surface area contributed by atoms with E-state index in [1.807, 2.05) is 61.6 Å². The molecule has 0 radical (unpaired) electrons. The van der Waals surface area contributed by atoms with E-state index in [1.165, 1.54) is 0 Å². The van der Waals surface area contributed by atoms with E-state index in [1.54, 1.807) is 12.0 Å². The summed E-state index contributed by atoms with van der Waals surface area (Å²) in [5.74, 6) is 1.31. The van der Waals surface area contributed by atoms with Crippen molar-refractivity contribution in [2.45, 2.75) is 12.5 Å². The number of nitrogens with one attached hydrogen (secondary N) is 1. The normalized spacial score (nSPS) is 20.3. The summed E-state index contributed by atoms with van der Waals surface area (Å²) in [4.78, 5) is 18.5. The maximum absolute atomic E-state index is 12.2. The quantitative estimate of drug-likeness (QED) is 0.640. The molecule has 0 saturated carbocycles. The van der Waals surface area contributed by atoms with Gasteiger partial charge in [0.15, 0.2) is 5.96 Å². The Kier molecular flexibility index (Phi) is 5.41. The van der Waals surface area contributed by atoms with Crippen LogP contribution in [0, 0.1) is 5.92 Å². The third kappa shape index (κ3) is 3.96. The first kappa shape index (κ1) is 17.8. The Morgan fingerprint density at radius 3 is 2.77 bits per heavy atom. The van der Waals surface area contributed by atoms with Gasteiger partial charge in [-0.05, 0) is 17.7 Å². The van der Waals surface area contributed by atoms with Gasteiger partial charge in [0.2, 0.25) is 5.91 Å². The number of amides is 1. The number of carbonyl (C=O) groups excluding carboxylic acids is 1. The van der Waals surface area contributed by atoms with Crippen molar-refractivity contribution in [3.63, 3.8) is 0 Å². The maximum Gasteiger partial charge on any atom is 0.223 e. The van der Waals surface area contributed by atoms with Gasteiger partial charge in [0, 0.05) is 37.7 Å². The van der Waals surface area contributed by atoms with Crippen molar-refractivity contribution in [1.29, 1.82) is 0 Å². The van der Waals surface area contributed by atoms with Crippen LogP contribution in [0.1, 0.15) is 18.0 Å². The SMILES string of the molecule is COc1cccc(NC(N)=NC[C@@H]2CC(=O)N(C)[C@H]2c2ccccc2)c1. The molecule has 0 spiro atoms. The second-order valence-corrected chi connectivity index (χ2v) is 6.41. The van der Waals surface area contributed by atoms with Crippen LogP contribution in [0.2, 0.25) is 0 Å². The first-order valence-electron chi connectivity index (χ1n) is 8.60. The lowest BCUT2D eigenvalue weighted by molar-refractivity contribution is -0.127. The molecule has 136 valence electrons. The van der Waals surface area contributed by atoms with Gasteiger partial charge < -0.3 is 20.7 Å². The van der Waals surface area contributed by atoms with E-state index in [2.05, 4.69) is 10.3 Å².